The third-order valence-corrected chi connectivity index (χ3v) is 4.77. The van der Waals surface area contributed by atoms with Gasteiger partial charge < -0.3 is 10.5 Å². The van der Waals surface area contributed by atoms with E-state index in [0.29, 0.717) is 0 Å². The van der Waals surface area contributed by atoms with Gasteiger partial charge in [0, 0.05) is 12.6 Å². The number of hydrogen-bond acceptors (Lipinski definition) is 2. The quantitative estimate of drug-likeness (QED) is 0.886. The first-order valence-electron chi connectivity index (χ1n) is 8.01. The summed E-state index contributed by atoms with van der Waals surface area (Å²) in [5, 5.41) is 0. The van der Waals surface area contributed by atoms with Gasteiger partial charge in [-0.25, -0.2) is 0 Å². The van der Waals surface area contributed by atoms with Crippen molar-refractivity contribution in [3.05, 3.63) is 35.4 Å². The van der Waals surface area contributed by atoms with Crippen molar-refractivity contribution in [3.8, 4) is 0 Å². The molecule has 0 aliphatic heterocycles. The largest absolute Gasteiger partial charge is 0.374 e. The summed E-state index contributed by atoms with van der Waals surface area (Å²) in [6.07, 6.45) is 5.60. The first-order valence-corrected chi connectivity index (χ1v) is 8.01. The van der Waals surface area contributed by atoms with Gasteiger partial charge in [0.05, 0.1) is 5.60 Å². The van der Waals surface area contributed by atoms with Crippen LogP contribution in [0.25, 0.3) is 0 Å². The Kier molecular flexibility index (Phi) is 5.22. The molecule has 1 aromatic carbocycles. The summed E-state index contributed by atoms with van der Waals surface area (Å²) in [5.41, 5.74) is 9.10. The minimum absolute atomic E-state index is 0.0942. The predicted molar refractivity (Wildman–Crippen MR) is 84.8 cm³/mol. The SMILES string of the molecule is CCOC1(C(N)Cc2cccc(C)c2)CCC(C)CC1. The van der Waals surface area contributed by atoms with Gasteiger partial charge >= 0.3 is 0 Å². The van der Waals surface area contributed by atoms with E-state index in [1.165, 1.54) is 24.0 Å². The molecule has 112 valence electrons. The maximum atomic E-state index is 6.57. The van der Waals surface area contributed by atoms with Crippen molar-refractivity contribution < 1.29 is 4.74 Å². The molecule has 20 heavy (non-hydrogen) atoms. The van der Waals surface area contributed by atoms with E-state index in [1.54, 1.807) is 0 Å². The molecule has 1 saturated carbocycles. The van der Waals surface area contributed by atoms with Gasteiger partial charge in [0.15, 0.2) is 0 Å². The van der Waals surface area contributed by atoms with Crippen molar-refractivity contribution in [2.24, 2.45) is 11.7 Å². The summed E-state index contributed by atoms with van der Waals surface area (Å²) in [4.78, 5) is 0. The lowest BCUT2D eigenvalue weighted by Gasteiger charge is -2.43. The third-order valence-electron chi connectivity index (χ3n) is 4.77. The van der Waals surface area contributed by atoms with Gasteiger partial charge in [-0.15, -0.1) is 0 Å². The van der Waals surface area contributed by atoms with Crippen LogP contribution in [0.4, 0.5) is 0 Å². The van der Waals surface area contributed by atoms with Gasteiger partial charge in [-0.05, 0) is 57.4 Å². The van der Waals surface area contributed by atoms with Crippen molar-refractivity contribution in [2.45, 2.75) is 64.5 Å². The lowest BCUT2D eigenvalue weighted by atomic mass is 9.74. The first kappa shape index (κ1) is 15.5. The Morgan fingerprint density at radius 2 is 2.05 bits per heavy atom. The molecule has 1 aliphatic carbocycles. The Morgan fingerprint density at radius 1 is 1.35 bits per heavy atom. The zero-order valence-corrected chi connectivity index (χ0v) is 13.2. The standard InChI is InChI=1S/C18H29NO/c1-4-20-18(10-8-14(2)9-11-18)17(19)13-16-7-5-6-15(3)12-16/h5-7,12,14,17H,4,8-11,13,19H2,1-3H3. The molecule has 0 aromatic heterocycles. The van der Waals surface area contributed by atoms with Crippen molar-refractivity contribution in [1.82, 2.24) is 0 Å². The fourth-order valence-corrected chi connectivity index (χ4v) is 3.44. The minimum Gasteiger partial charge on any atom is -0.374 e. The van der Waals surface area contributed by atoms with Crippen LogP contribution in [0.2, 0.25) is 0 Å². The summed E-state index contributed by atoms with van der Waals surface area (Å²) in [5.74, 6) is 0.815. The highest BCUT2D eigenvalue weighted by Crippen LogP contribution is 2.37. The van der Waals surface area contributed by atoms with Crippen LogP contribution >= 0.6 is 0 Å². The van der Waals surface area contributed by atoms with E-state index in [-0.39, 0.29) is 11.6 Å². The molecule has 1 aromatic rings. The van der Waals surface area contributed by atoms with Crippen molar-refractivity contribution in [3.63, 3.8) is 0 Å². The molecule has 0 bridgehead atoms. The zero-order chi connectivity index (χ0) is 14.6. The second-order valence-corrected chi connectivity index (χ2v) is 6.48. The number of benzene rings is 1. The predicted octanol–water partition coefficient (Wildman–Crippen LogP) is 3.85. The second-order valence-electron chi connectivity index (χ2n) is 6.48. The van der Waals surface area contributed by atoms with Gasteiger partial charge in [0.1, 0.15) is 0 Å². The van der Waals surface area contributed by atoms with E-state index in [4.69, 9.17) is 10.5 Å². The Bertz CT molecular complexity index is 421. The summed E-state index contributed by atoms with van der Waals surface area (Å²) in [6, 6.07) is 8.77. The summed E-state index contributed by atoms with van der Waals surface area (Å²) in [6.45, 7) is 7.31. The average molecular weight is 275 g/mol. The van der Waals surface area contributed by atoms with Crippen LogP contribution in [0.15, 0.2) is 24.3 Å². The molecule has 2 nitrogen and oxygen atoms in total. The van der Waals surface area contributed by atoms with Crippen LogP contribution in [0.5, 0.6) is 0 Å². The molecule has 2 N–H and O–H groups in total. The van der Waals surface area contributed by atoms with Gasteiger partial charge in [-0.3, -0.25) is 0 Å². The van der Waals surface area contributed by atoms with Crippen molar-refractivity contribution in [2.75, 3.05) is 6.61 Å². The van der Waals surface area contributed by atoms with Gasteiger partial charge in [0.25, 0.3) is 0 Å². The summed E-state index contributed by atoms with van der Waals surface area (Å²) < 4.78 is 6.16. The molecule has 0 radical (unpaired) electrons. The Hall–Kier alpha value is -0.860. The van der Waals surface area contributed by atoms with E-state index >= 15 is 0 Å². The number of aryl methyl sites for hydroxylation is 1. The molecule has 1 aliphatic rings. The normalized spacial score (nSPS) is 28.3. The second kappa shape index (κ2) is 6.73. The van der Waals surface area contributed by atoms with E-state index in [1.807, 2.05) is 0 Å². The molecular formula is C18H29NO. The Balaban J connectivity index is 2.09. The molecular weight excluding hydrogens is 246 g/mol. The van der Waals surface area contributed by atoms with Crippen molar-refractivity contribution >= 4 is 0 Å². The molecule has 1 unspecified atom stereocenters. The highest BCUT2D eigenvalue weighted by Gasteiger charge is 2.40. The molecule has 0 spiro atoms. The van der Waals surface area contributed by atoms with Gasteiger partial charge in [0.2, 0.25) is 0 Å². The van der Waals surface area contributed by atoms with Crippen LogP contribution in [0.1, 0.15) is 50.7 Å². The molecule has 1 atom stereocenters. The molecule has 2 rings (SSSR count). The monoisotopic (exact) mass is 275 g/mol. The highest BCUT2D eigenvalue weighted by molar-refractivity contribution is 5.23. The first-order chi connectivity index (χ1) is 9.55. The lowest BCUT2D eigenvalue weighted by Crippen LogP contribution is -2.53. The Labute approximate surface area is 123 Å². The maximum Gasteiger partial charge on any atom is 0.0835 e. The molecule has 0 amide bonds. The minimum atomic E-state index is -0.106. The summed E-state index contributed by atoms with van der Waals surface area (Å²) >= 11 is 0. The van der Waals surface area contributed by atoms with E-state index in [2.05, 4.69) is 45.0 Å². The molecule has 2 heteroatoms. The van der Waals surface area contributed by atoms with Crippen LogP contribution < -0.4 is 5.73 Å². The number of nitrogens with two attached hydrogens (primary N) is 1. The number of rotatable bonds is 5. The van der Waals surface area contributed by atoms with Crippen LogP contribution in [0, 0.1) is 12.8 Å². The highest BCUT2D eigenvalue weighted by atomic mass is 16.5. The third kappa shape index (κ3) is 3.62. The molecule has 0 saturated heterocycles. The lowest BCUT2D eigenvalue weighted by molar-refractivity contribution is -0.0883. The molecule has 0 heterocycles. The van der Waals surface area contributed by atoms with Crippen LogP contribution in [0.3, 0.4) is 0 Å². The van der Waals surface area contributed by atoms with E-state index in [0.717, 1.165) is 31.8 Å². The maximum absolute atomic E-state index is 6.57. The average Bonchev–Trinajstić information content (AvgIpc) is 2.42. The van der Waals surface area contributed by atoms with E-state index in [9.17, 15) is 0 Å². The van der Waals surface area contributed by atoms with Gasteiger partial charge in [-0.1, -0.05) is 36.8 Å². The smallest absolute Gasteiger partial charge is 0.0835 e. The number of ether oxygens (including phenoxy) is 1. The topological polar surface area (TPSA) is 35.2 Å². The fraction of sp³-hybridized carbons (Fsp3) is 0.667. The molecule has 1 fully saturated rings. The number of hydrogen-bond donors (Lipinski definition) is 1. The van der Waals surface area contributed by atoms with Crippen LogP contribution in [-0.4, -0.2) is 18.2 Å². The summed E-state index contributed by atoms with van der Waals surface area (Å²) in [7, 11) is 0. The van der Waals surface area contributed by atoms with E-state index < -0.39 is 0 Å². The van der Waals surface area contributed by atoms with Crippen molar-refractivity contribution in [1.29, 1.82) is 0 Å². The Morgan fingerprint density at radius 3 is 2.65 bits per heavy atom. The zero-order valence-electron chi connectivity index (χ0n) is 13.2. The van der Waals surface area contributed by atoms with Gasteiger partial charge in [-0.2, -0.15) is 0 Å². The fourth-order valence-electron chi connectivity index (χ4n) is 3.44. The van der Waals surface area contributed by atoms with Crippen LogP contribution in [-0.2, 0) is 11.2 Å².